The quantitative estimate of drug-likeness (QED) is 0.283. The molecule has 2 fully saturated rings. The van der Waals surface area contributed by atoms with E-state index in [0.29, 0.717) is 16.9 Å². The van der Waals surface area contributed by atoms with Gasteiger partial charge in [0, 0.05) is 82.5 Å². The van der Waals surface area contributed by atoms with E-state index in [1.54, 1.807) is 18.4 Å². The molecule has 3 aliphatic rings. The highest BCUT2D eigenvalue weighted by molar-refractivity contribution is 7.90. The third-order valence-corrected chi connectivity index (χ3v) is 12.8. The summed E-state index contributed by atoms with van der Waals surface area (Å²) in [5, 5.41) is 0. The fourth-order valence-electron chi connectivity index (χ4n) is 7.82. The molecule has 0 bridgehead atoms. The lowest BCUT2D eigenvalue weighted by Gasteiger charge is -2.38. The van der Waals surface area contributed by atoms with Gasteiger partial charge in [0.1, 0.15) is 11.6 Å². The minimum Gasteiger partial charge on any atom is -0.331 e. The zero-order chi connectivity index (χ0) is 33.1. The highest BCUT2D eigenvalue weighted by atomic mass is 32.2. The lowest BCUT2D eigenvalue weighted by atomic mass is 9.78. The average Bonchev–Trinajstić information content (AvgIpc) is 3.47. The number of aromatic nitrogens is 2. The van der Waals surface area contributed by atoms with Crippen molar-refractivity contribution in [2.45, 2.75) is 68.3 Å². The molecule has 3 aliphatic heterocycles. The molecule has 0 radical (unpaired) electrons. The third kappa shape index (κ3) is 8.57. The molecule has 256 valence electrons. The van der Waals surface area contributed by atoms with E-state index < -0.39 is 32.5 Å². The van der Waals surface area contributed by atoms with Crippen LogP contribution >= 0.6 is 0 Å². The molecule has 8 nitrogen and oxygen atoms in total. The van der Waals surface area contributed by atoms with Crippen molar-refractivity contribution >= 4 is 20.8 Å². The van der Waals surface area contributed by atoms with Crippen LogP contribution in [-0.2, 0) is 40.2 Å². The van der Waals surface area contributed by atoms with Crippen LogP contribution in [0, 0.1) is 17.6 Å². The first-order valence-electron chi connectivity index (χ1n) is 16.9. The number of hydrogen-bond donors (Lipinski definition) is 0. The molecule has 0 N–H and O–H groups in total. The summed E-state index contributed by atoms with van der Waals surface area (Å²) >= 11 is 0. The molecular weight excluding hydrogens is 641 g/mol. The maximum absolute atomic E-state index is 14.3. The van der Waals surface area contributed by atoms with E-state index in [2.05, 4.69) is 14.4 Å². The maximum atomic E-state index is 14.3. The van der Waals surface area contributed by atoms with E-state index >= 15 is 0 Å². The Balaban J connectivity index is 1.01. The molecule has 3 aromatic rings. The van der Waals surface area contributed by atoms with Gasteiger partial charge >= 0.3 is 0 Å². The number of imidazole rings is 1. The van der Waals surface area contributed by atoms with Crippen LogP contribution in [0.15, 0.2) is 53.7 Å². The molecule has 2 aromatic carbocycles. The van der Waals surface area contributed by atoms with E-state index in [1.165, 1.54) is 24.1 Å². The molecule has 47 heavy (non-hydrogen) atoms. The molecule has 4 heterocycles. The Hall–Kier alpha value is -2.51. The number of benzene rings is 2. The zero-order valence-electron chi connectivity index (χ0n) is 27.5. The van der Waals surface area contributed by atoms with E-state index in [0.717, 1.165) is 120 Å². The van der Waals surface area contributed by atoms with Gasteiger partial charge in [0.05, 0.1) is 27.9 Å². The van der Waals surface area contributed by atoms with Gasteiger partial charge in [-0.1, -0.05) is 12.1 Å². The van der Waals surface area contributed by atoms with Crippen LogP contribution in [-0.4, -0.2) is 94.6 Å². The van der Waals surface area contributed by atoms with Crippen molar-refractivity contribution in [2.24, 2.45) is 5.92 Å². The van der Waals surface area contributed by atoms with Gasteiger partial charge < -0.3 is 9.47 Å². The van der Waals surface area contributed by atoms with Crippen LogP contribution in [0.5, 0.6) is 0 Å². The molecule has 2 atom stereocenters. The number of nitrogens with zero attached hydrogens (tertiary/aromatic N) is 5. The predicted molar refractivity (Wildman–Crippen MR) is 181 cm³/mol. The van der Waals surface area contributed by atoms with Crippen molar-refractivity contribution in [1.29, 1.82) is 0 Å². The van der Waals surface area contributed by atoms with Crippen molar-refractivity contribution in [3.8, 4) is 0 Å². The first-order chi connectivity index (χ1) is 22.5. The van der Waals surface area contributed by atoms with Gasteiger partial charge in [-0.25, -0.2) is 30.7 Å². The van der Waals surface area contributed by atoms with E-state index in [-0.39, 0.29) is 5.92 Å². The number of rotatable bonds is 11. The van der Waals surface area contributed by atoms with E-state index in [1.807, 2.05) is 22.8 Å². The molecular formula is C35H47F2N5O3S2. The number of sulfone groups is 1. The average molecular weight is 688 g/mol. The molecule has 0 saturated carbocycles. The second-order valence-corrected chi connectivity index (χ2v) is 17.0. The fraction of sp³-hybridized carbons (Fsp3) is 0.571. The molecule has 2 unspecified atom stereocenters. The van der Waals surface area contributed by atoms with E-state index in [4.69, 9.17) is 4.98 Å². The van der Waals surface area contributed by atoms with Crippen LogP contribution in [0.3, 0.4) is 0 Å². The van der Waals surface area contributed by atoms with Crippen LogP contribution in [0.1, 0.15) is 66.6 Å². The van der Waals surface area contributed by atoms with E-state index in [9.17, 15) is 21.4 Å². The summed E-state index contributed by atoms with van der Waals surface area (Å²) in [5.41, 5.74) is 4.39. The monoisotopic (exact) mass is 687 g/mol. The number of likely N-dealkylation sites (tertiary alicyclic amines) is 1. The molecule has 1 aromatic heterocycles. The topological polar surface area (TPSA) is 78.8 Å². The first-order valence-corrected chi connectivity index (χ1v) is 20.3. The molecule has 0 spiro atoms. The SMILES string of the molecule is CS(=O)N1CCC(C(CCN2CCC(n3cnc4c3CCN(CCc3ccc(S(C)(=O)=O)cc3)C4)CC2)c2cc(F)cc(F)c2)CC1. The molecule has 2 saturated heterocycles. The van der Waals surface area contributed by atoms with Gasteiger partial charge in [-0.05, 0) is 92.3 Å². The van der Waals surface area contributed by atoms with Gasteiger partial charge in [-0.2, -0.15) is 0 Å². The van der Waals surface area contributed by atoms with Crippen molar-refractivity contribution in [2.75, 3.05) is 58.3 Å². The second kappa shape index (κ2) is 14.9. The Morgan fingerprint density at radius 1 is 0.915 bits per heavy atom. The van der Waals surface area contributed by atoms with Crippen LogP contribution in [0.4, 0.5) is 8.78 Å². The van der Waals surface area contributed by atoms with Gasteiger partial charge in [0.2, 0.25) is 0 Å². The Labute approximate surface area is 280 Å². The normalized spacial score (nSPS) is 20.7. The number of piperidine rings is 2. The largest absolute Gasteiger partial charge is 0.331 e. The Kier molecular flexibility index (Phi) is 10.9. The predicted octanol–water partition coefficient (Wildman–Crippen LogP) is 4.98. The maximum Gasteiger partial charge on any atom is 0.175 e. The van der Waals surface area contributed by atoms with Crippen molar-refractivity contribution in [1.82, 2.24) is 23.7 Å². The number of halogens is 2. The number of hydrogen-bond acceptors (Lipinski definition) is 6. The standard InChI is InChI=1S/C35H47F2N5O3S2/c1-46(43)41-19-8-27(9-20-41)33(28-21-29(36)23-30(37)22-28)12-17-39-15-10-31(11-16-39)42-25-38-34-24-40(18-13-35(34)42)14-7-26-3-5-32(6-4-26)47(2,44)45/h3-6,21-23,25,27,31,33H,7-20,24H2,1-2H3. The summed E-state index contributed by atoms with van der Waals surface area (Å²) in [4.78, 5) is 10.1. The van der Waals surface area contributed by atoms with Gasteiger partial charge in [0.15, 0.2) is 9.84 Å². The van der Waals surface area contributed by atoms with Crippen LogP contribution < -0.4 is 0 Å². The summed E-state index contributed by atoms with van der Waals surface area (Å²) in [7, 11) is -4.17. The lowest BCUT2D eigenvalue weighted by Crippen LogP contribution is -2.39. The second-order valence-electron chi connectivity index (χ2n) is 13.6. The molecule has 12 heteroatoms. The van der Waals surface area contributed by atoms with Gasteiger partial charge in [-0.15, -0.1) is 0 Å². The minimum absolute atomic E-state index is 0.0702. The Bertz CT molecular complexity index is 1630. The van der Waals surface area contributed by atoms with Crippen molar-refractivity contribution < 1.29 is 21.4 Å². The van der Waals surface area contributed by atoms with Gasteiger partial charge in [-0.3, -0.25) is 4.90 Å². The summed E-state index contributed by atoms with van der Waals surface area (Å²) in [6, 6.07) is 11.6. The highest BCUT2D eigenvalue weighted by Gasteiger charge is 2.31. The van der Waals surface area contributed by atoms with Crippen molar-refractivity contribution in [3.63, 3.8) is 0 Å². The highest BCUT2D eigenvalue weighted by Crippen LogP contribution is 2.37. The zero-order valence-corrected chi connectivity index (χ0v) is 29.1. The summed E-state index contributed by atoms with van der Waals surface area (Å²) in [5.74, 6) is -0.663. The lowest BCUT2D eigenvalue weighted by molar-refractivity contribution is 0.165. The first kappa shape index (κ1) is 34.4. The summed E-state index contributed by atoms with van der Waals surface area (Å²) in [6.07, 6.45) is 11.5. The molecule has 0 amide bonds. The fourth-order valence-corrected chi connectivity index (χ4v) is 9.18. The van der Waals surface area contributed by atoms with Crippen LogP contribution in [0.25, 0.3) is 0 Å². The summed E-state index contributed by atoms with van der Waals surface area (Å²) < 4.78 is 68.4. The van der Waals surface area contributed by atoms with Crippen molar-refractivity contribution in [3.05, 3.63) is 82.9 Å². The molecule has 0 aliphatic carbocycles. The minimum atomic E-state index is -3.18. The molecule has 6 rings (SSSR count). The Morgan fingerprint density at radius 2 is 1.60 bits per heavy atom. The smallest absolute Gasteiger partial charge is 0.175 e. The van der Waals surface area contributed by atoms with Gasteiger partial charge in [0.25, 0.3) is 0 Å². The summed E-state index contributed by atoms with van der Waals surface area (Å²) in [6.45, 7) is 7.08. The van der Waals surface area contributed by atoms with Crippen LogP contribution in [0.2, 0.25) is 0 Å². The number of fused-ring (bicyclic) bond motifs is 1. The Morgan fingerprint density at radius 3 is 2.23 bits per heavy atom. The third-order valence-electron chi connectivity index (χ3n) is 10.5.